The molecule has 0 unspecified atom stereocenters. The smallest absolute Gasteiger partial charge is 0.0544 e. The predicted molar refractivity (Wildman–Crippen MR) is 149 cm³/mol. The van der Waals surface area contributed by atoms with Crippen LogP contribution >= 0.6 is 15.9 Å². The lowest BCUT2D eigenvalue weighted by Crippen LogP contribution is -1.88. The second kappa shape index (κ2) is 7.61. The Labute approximate surface area is 205 Å². The largest absolute Gasteiger partial charge is 0.354 e. The summed E-state index contributed by atoms with van der Waals surface area (Å²) in [5, 5.41) is 5.85. The topological polar surface area (TPSA) is 31.6 Å². The molecule has 34 heavy (non-hydrogen) atoms. The van der Waals surface area contributed by atoms with Crippen molar-refractivity contribution in [2.24, 2.45) is 0 Å². The van der Waals surface area contributed by atoms with Gasteiger partial charge in [0.05, 0.1) is 11.0 Å². The molecule has 162 valence electrons. The summed E-state index contributed by atoms with van der Waals surface area (Å²) in [5.41, 5.74) is 10.9. The molecule has 7 aromatic rings. The normalized spacial score (nSPS) is 11.8. The van der Waals surface area contributed by atoms with E-state index in [4.69, 9.17) is 0 Å². The Kier molecular flexibility index (Phi) is 4.39. The van der Waals surface area contributed by atoms with Gasteiger partial charge in [-0.15, -0.1) is 0 Å². The number of rotatable bonds is 3. The first-order valence-corrected chi connectivity index (χ1v) is 12.6. The van der Waals surface area contributed by atoms with Crippen molar-refractivity contribution in [1.82, 2.24) is 9.97 Å². The molecule has 2 aromatic heterocycles. The van der Waals surface area contributed by atoms with Crippen molar-refractivity contribution < 1.29 is 0 Å². The average molecular weight is 501 g/mol. The molecule has 0 atom stereocenters. The van der Waals surface area contributed by atoms with Gasteiger partial charge in [-0.1, -0.05) is 101 Å². The zero-order valence-electron chi connectivity index (χ0n) is 18.4. The molecule has 5 aromatic carbocycles. The van der Waals surface area contributed by atoms with Gasteiger partial charge < -0.3 is 9.97 Å². The van der Waals surface area contributed by atoms with Gasteiger partial charge >= 0.3 is 0 Å². The molecule has 0 spiro atoms. The number of H-pyrrole nitrogens is 2. The van der Waals surface area contributed by atoms with E-state index in [1.807, 2.05) is 0 Å². The van der Waals surface area contributed by atoms with Crippen molar-refractivity contribution in [3.63, 3.8) is 0 Å². The molecule has 2 heterocycles. The van der Waals surface area contributed by atoms with Crippen LogP contribution < -0.4 is 0 Å². The maximum atomic E-state index is 3.71. The molecule has 2 N–H and O–H groups in total. The molecule has 7 rings (SSSR count). The van der Waals surface area contributed by atoms with Crippen LogP contribution in [0.15, 0.2) is 103 Å². The highest BCUT2D eigenvalue weighted by atomic mass is 79.9. The Morgan fingerprint density at radius 1 is 0.500 bits per heavy atom. The molecule has 0 fully saturated rings. The van der Waals surface area contributed by atoms with Gasteiger partial charge in [-0.3, -0.25) is 0 Å². The Hall–Kier alpha value is -3.82. The number of hydrogen-bond acceptors (Lipinski definition) is 0. The summed E-state index contributed by atoms with van der Waals surface area (Å²) in [6.07, 6.45) is 0. The van der Waals surface area contributed by atoms with E-state index in [0.29, 0.717) is 0 Å². The fourth-order valence-corrected chi connectivity index (χ4v) is 5.63. The molecular weight excluding hydrogens is 480 g/mol. The number of nitrogens with one attached hydrogen (secondary N) is 2. The summed E-state index contributed by atoms with van der Waals surface area (Å²) < 4.78 is 0. The minimum atomic E-state index is 0.805. The first-order valence-electron chi connectivity index (χ1n) is 11.5. The third kappa shape index (κ3) is 2.94. The maximum absolute atomic E-state index is 3.71. The number of aromatic nitrogens is 2. The first-order chi connectivity index (χ1) is 16.8. The number of para-hydroxylation sites is 4. The summed E-state index contributed by atoms with van der Waals surface area (Å²) in [4.78, 5) is 7.34. The second-order valence-electron chi connectivity index (χ2n) is 8.85. The third-order valence-corrected chi connectivity index (χ3v) is 7.50. The summed E-state index contributed by atoms with van der Waals surface area (Å²) in [7, 11) is 0. The molecule has 0 bridgehead atoms. The van der Waals surface area contributed by atoms with E-state index < -0.39 is 0 Å². The zero-order valence-corrected chi connectivity index (χ0v) is 20.0. The molecule has 2 nitrogen and oxygen atoms in total. The van der Waals surface area contributed by atoms with Crippen LogP contribution in [-0.2, 0) is 5.33 Å². The Morgan fingerprint density at radius 3 is 1.47 bits per heavy atom. The number of benzene rings is 5. The molecule has 0 aliphatic rings. The Bertz CT molecular complexity index is 1720. The third-order valence-electron chi connectivity index (χ3n) is 6.85. The van der Waals surface area contributed by atoms with E-state index in [1.54, 1.807) is 0 Å². The molecule has 0 radical (unpaired) electrons. The van der Waals surface area contributed by atoms with E-state index >= 15 is 0 Å². The zero-order chi connectivity index (χ0) is 22.6. The monoisotopic (exact) mass is 500 g/mol. The standard InChI is InChI=1S/C31H21BrN2/c32-18-19-15-20(22-9-5-11-26-24-7-1-3-13-28(24)33-30(22)26)17-21(16-19)23-10-6-12-27-25-8-2-4-14-29(25)34-31(23)27/h1-17,33-34H,18H2. The van der Waals surface area contributed by atoms with Crippen LogP contribution in [0.3, 0.4) is 0 Å². The van der Waals surface area contributed by atoms with E-state index in [9.17, 15) is 0 Å². The van der Waals surface area contributed by atoms with E-state index in [0.717, 1.165) is 5.33 Å². The van der Waals surface area contributed by atoms with Crippen molar-refractivity contribution >= 4 is 59.5 Å². The summed E-state index contributed by atoms with van der Waals surface area (Å²) in [6, 6.07) is 37.2. The SMILES string of the molecule is BrCc1cc(-c2cccc3c2[nH]c2ccccc23)cc(-c2cccc3c2[nH]c2ccccc23)c1. The molecule has 0 saturated carbocycles. The van der Waals surface area contributed by atoms with E-state index in [-0.39, 0.29) is 0 Å². The lowest BCUT2D eigenvalue weighted by atomic mass is 9.94. The van der Waals surface area contributed by atoms with E-state index in [1.165, 1.54) is 71.4 Å². The number of aromatic amines is 2. The van der Waals surface area contributed by atoms with Crippen molar-refractivity contribution in [3.8, 4) is 22.3 Å². The quantitative estimate of drug-likeness (QED) is 0.226. The lowest BCUT2D eigenvalue weighted by Gasteiger charge is -2.11. The molecule has 0 aliphatic carbocycles. The minimum absolute atomic E-state index is 0.805. The van der Waals surface area contributed by atoms with Gasteiger partial charge in [-0.25, -0.2) is 0 Å². The van der Waals surface area contributed by atoms with Gasteiger partial charge in [-0.2, -0.15) is 0 Å². The second-order valence-corrected chi connectivity index (χ2v) is 9.41. The Balaban J connectivity index is 1.49. The van der Waals surface area contributed by atoms with Crippen LogP contribution in [0, 0.1) is 0 Å². The Morgan fingerprint density at radius 2 is 0.971 bits per heavy atom. The summed E-state index contributed by atoms with van der Waals surface area (Å²) in [6.45, 7) is 0. The van der Waals surface area contributed by atoms with Gasteiger partial charge in [0.25, 0.3) is 0 Å². The molecular formula is C31H21BrN2. The number of halogens is 1. The minimum Gasteiger partial charge on any atom is -0.354 e. The van der Waals surface area contributed by atoms with Crippen molar-refractivity contribution in [3.05, 3.63) is 109 Å². The summed E-state index contributed by atoms with van der Waals surface area (Å²) >= 11 is 3.71. The fourth-order valence-electron chi connectivity index (χ4n) is 5.31. The van der Waals surface area contributed by atoms with Crippen LogP contribution in [0.2, 0.25) is 0 Å². The van der Waals surface area contributed by atoms with Crippen LogP contribution in [0.1, 0.15) is 5.56 Å². The van der Waals surface area contributed by atoms with Gasteiger partial charge in [0.1, 0.15) is 0 Å². The van der Waals surface area contributed by atoms with Crippen molar-refractivity contribution in [2.45, 2.75) is 5.33 Å². The number of hydrogen-bond donors (Lipinski definition) is 2. The van der Waals surface area contributed by atoms with Crippen molar-refractivity contribution in [1.29, 1.82) is 0 Å². The van der Waals surface area contributed by atoms with Crippen LogP contribution in [0.4, 0.5) is 0 Å². The van der Waals surface area contributed by atoms with Gasteiger partial charge in [0.15, 0.2) is 0 Å². The van der Waals surface area contributed by atoms with Crippen LogP contribution in [0.5, 0.6) is 0 Å². The molecule has 0 aliphatic heterocycles. The van der Waals surface area contributed by atoms with Crippen molar-refractivity contribution in [2.75, 3.05) is 0 Å². The number of fused-ring (bicyclic) bond motifs is 6. The molecule has 3 heteroatoms. The molecule has 0 amide bonds. The first kappa shape index (κ1) is 19.6. The van der Waals surface area contributed by atoms with Crippen LogP contribution in [-0.4, -0.2) is 9.97 Å². The lowest BCUT2D eigenvalue weighted by molar-refractivity contribution is 1.43. The highest BCUT2D eigenvalue weighted by molar-refractivity contribution is 9.08. The fraction of sp³-hybridized carbons (Fsp3) is 0.0323. The maximum Gasteiger partial charge on any atom is 0.0544 e. The van der Waals surface area contributed by atoms with E-state index in [2.05, 4.69) is 129 Å². The predicted octanol–water partition coefficient (Wildman–Crippen LogP) is 9.18. The average Bonchev–Trinajstić information content (AvgIpc) is 3.46. The van der Waals surface area contributed by atoms with Crippen LogP contribution in [0.25, 0.3) is 65.9 Å². The molecule has 0 saturated heterocycles. The highest BCUT2D eigenvalue weighted by Gasteiger charge is 2.14. The van der Waals surface area contributed by atoms with Gasteiger partial charge in [-0.05, 0) is 34.9 Å². The van der Waals surface area contributed by atoms with Gasteiger partial charge in [0.2, 0.25) is 0 Å². The highest BCUT2D eigenvalue weighted by Crippen LogP contribution is 2.38. The van der Waals surface area contributed by atoms with Gasteiger partial charge in [0, 0.05) is 49.0 Å². The summed E-state index contributed by atoms with van der Waals surface area (Å²) in [5.74, 6) is 0. The number of alkyl halides is 1.